The number of nitrogens with zero attached hydrogens (tertiary/aromatic N) is 1. The molecule has 0 aromatic heterocycles. The number of amides is 2. The van der Waals surface area contributed by atoms with Gasteiger partial charge in [0.2, 0.25) is 11.8 Å². The average Bonchev–Trinajstić information content (AvgIpc) is 2.46. The van der Waals surface area contributed by atoms with Gasteiger partial charge in [-0.2, -0.15) is 0 Å². The van der Waals surface area contributed by atoms with Crippen molar-refractivity contribution in [3.05, 3.63) is 39.9 Å². The molecule has 0 spiro atoms. The Balaban J connectivity index is 1.84. The van der Waals surface area contributed by atoms with E-state index in [4.69, 9.17) is 0 Å². The monoisotopic (exact) mass is 278 g/mol. The van der Waals surface area contributed by atoms with Crippen molar-refractivity contribution in [2.45, 2.75) is 12.6 Å². The third-order valence-electron chi connectivity index (χ3n) is 2.94. The first-order chi connectivity index (χ1) is 9.56. The molecular formula is C12H14N4O4. The van der Waals surface area contributed by atoms with Gasteiger partial charge in [0.1, 0.15) is 6.04 Å². The van der Waals surface area contributed by atoms with E-state index in [1.54, 1.807) is 12.1 Å². The van der Waals surface area contributed by atoms with E-state index in [9.17, 15) is 19.7 Å². The van der Waals surface area contributed by atoms with E-state index in [-0.39, 0.29) is 37.1 Å². The SMILES string of the molecule is O=C1CNC(C(=O)NCc2ccc([N+](=O)[O-])cc2)CN1. The molecule has 0 saturated carbocycles. The number of nitro benzene ring substituents is 1. The van der Waals surface area contributed by atoms with Crippen LogP contribution in [0.5, 0.6) is 0 Å². The minimum absolute atomic E-state index is 0.0109. The summed E-state index contributed by atoms with van der Waals surface area (Å²) in [6.45, 7) is 0.656. The van der Waals surface area contributed by atoms with Crippen LogP contribution in [-0.2, 0) is 16.1 Å². The Bertz CT molecular complexity index is 519. The van der Waals surface area contributed by atoms with Crippen LogP contribution in [0, 0.1) is 10.1 Å². The van der Waals surface area contributed by atoms with Gasteiger partial charge in [0.15, 0.2) is 0 Å². The zero-order valence-electron chi connectivity index (χ0n) is 10.6. The molecule has 20 heavy (non-hydrogen) atoms. The molecule has 1 aliphatic rings. The third-order valence-corrected chi connectivity index (χ3v) is 2.94. The van der Waals surface area contributed by atoms with E-state index in [0.29, 0.717) is 0 Å². The Hall–Kier alpha value is -2.48. The van der Waals surface area contributed by atoms with Gasteiger partial charge in [0.05, 0.1) is 11.5 Å². The van der Waals surface area contributed by atoms with E-state index in [1.807, 2.05) is 0 Å². The average molecular weight is 278 g/mol. The van der Waals surface area contributed by atoms with Gasteiger partial charge >= 0.3 is 0 Å². The molecule has 1 fully saturated rings. The quantitative estimate of drug-likeness (QED) is 0.498. The summed E-state index contributed by atoms with van der Waals surface area (Å²) in [4.78, 5) is 32.8. The van der Waals surface area contributed by atoms with Crippen LogP contribution in [0.25, 0.3) is 0 Å². The highest BCUT2D eigenvalue weighted by Crippen LogP contribution is 2.11. The Morgan fingerprint density at radius 1 is 1.40 bits per heavy atom. The lowest BCUT2D eigenvalue weighted by atomic mass is 10.2. The predicted octanol–water partition coefficient (Wildman–Crippen LogP) is -0.701. The van der Waals surface area contributed by atoms with Crippen LogP contribution < -0.4 is 16.0 Å². The van der Waals surface area contributed by atoms with Crippen molar-refractivity contribution >= 4 is 17.5 Å². The van der Waals surface area contributed by atoms with Crippen LogP contribution in [0.3, 0.4) is 0 Å². The minimum Gasteiger partial charge on any atom is -0.353 e. The van der Waals surface area contributed by atoms with Crippen LogP contribution in [0.15, 0.2) is 24.3 Å². The summed E-state index contributed by atoms with van der Waals surface area (Å²) in [7, 11) is 0. The van der Waals surface area contributed by atoms with E-state index in [2.05, 4.69) is 16.0 Å². The minimum atomic E-state index is -0.475. The van der Waals surface area contributed by atoms with Crippen molar-refractivity contribution in [3.63, 3.8) is 0 Å². The maximum Gasteiger partial charge on any atom is 0.269 e. The highest BCUT2D eigenvalue weighted by molar-refractivity contribution is 5.86. The molecule has 1 atom stereocenters. The van der Waals surface area contributed by atoms with E-state index in [1.165, 1.54) is 12.1 Å². The zero-order chi connectivity index (χ0) is 14.5. The summed E-state index contributed by atoms with van der Waals surface area (Å²) in [5.74, 6) is -0.354. The molecule has 8 nitrogen and oxygen atoms in total. The Labute approximate surface area is 114 Å². The lowest BCUT2D eigenvalue weighted by molar-refractivity contribution is -0.384. The second-order valence-corrected chi connectivity index (χ2v) is 4.38. The standard InChI is InChI=1S/C12H14N4O4/c17-11-7-13-10(6-14-11)12(18)15-5-8-1-3-9(4-2-8)16(19)20/h1-4,10,13H,5-7H2,(H,14,17)(H,15,18). The lowest BCUT2D eigenvalue weighted by Gasteiger charge is -2.23. The molecule has 0 bridgehead atoms. The molecular weight excluding hydrogens is 264 g/mol. The Morgan fingerprint density at radius 2 is 2.10 bits per heavy atom. The molecule has 2 amide bonds. The summed E-state index contributed by atoms with van der Waals surface area (Å²) < 4.78 is 0. The van der Waals surface area contributed by atoms with Crippen molar-refractivity contribution in [2.24, 2.45) is 0 Å². The van der Waals surface area contributed by atoms with Crippen LogP contribution in [0.2, 0.25) is 0 Å². The number of hydrogen-bond acceptors (Lipinski definition) is 5. The second kappa shape index (κ2) is 6.11. The first-order valence-electron chi connectivity index (χ1n) is 6.07. The number of carbonyl (C=O) groups excluding carboxylic acids is 2. The fourth-order valence-electron chi connectivity index (χ4n) is 1.80. The second-order valence-electron chi connectivity index (χ2n) is 4.38. The topological polar surface area (TPSA) is 113 Å². The van der Waals surface area contributed by atoms with Crippen molar-refractivity contribution in [1.82, 2.24) is 16.0 Å². The molecule has 1 heterocycles. The molecule has 2 rings (SSSR count). The van der Waals surface area contributed by atoms with Crippen LogP contribution >= 0.6 is 0 Å². The van der Waals surface area contributed by atoms with Crippen molar-refractivity contribution in [3.8, 4) is 0 Å². The van der Waals surface area contributed by atoms with E-state index in [0.717, 1.165) is 5.56 Å². The lowest BCUT2D eigenvalue weighted by Crippen LogP contribution is -2.57. The van der Waals surface area contributed by atoms with Gasteiger partial charge in [0.25, 0.3) is 5.69 Å². The third kappa shape index (κ3) is 3.51. The molecule has 106 valence electrons. The maximum atomic E-state index is 11.8. The van der Waals surface area contributed by atoms with Gasteiger partial charge in [-0.15, -0.1) is 0 Å². The van der Waals surface area contributed by atoms with Gasteiger partial charge in [-0.25, -0.2) is 0 Å². The Morgan fingerprint density at radius 3 is 2.65 bits per heavy atom. The molecule has 1 unspecified atom stereocenters. The first-order valence-corrected chi connectivity index (χ1v) is 6.07. The largest absolute Gasteiger partial charge is 0.353 e. The fraction of sp³-hybridized carbons (Fsp3) is 0.333. The smallest absolute Gasteiger partial charge is 0.269 e. The van der Waals surface area contributed by atoms with Gasteiger partial charge in [-0.1, -0.05) is 12.1 Å². The Kier molecular flexibility index (Phi) is 4.26. The van der Waals surface area contributed by atoms with Gasteiger partial charge < -0.3 is 10.6 Å². The molecule has 0 aliphatic carbocycles. The number of nitro groups is 1. The summed E-state index contributed by atoms with van der Waals surface area (Å²) in [5.41, 5.74) is 0.778. The maximum absolute atomic E-state index is 11.8. The van der Waals surface area contributed by atoms with Gasteiger partial charge in [0, 0.05) is 25.2 Å². The molecule has 1 aromatic carbocycles. The molecule has 1 saturated heterocycles. The molecule has 1 aromatic rings. The number of hydrogen-bond donors (Lipinski definition) is 3. The van der Waals surface area contributed by atoms with Crippen molar-refractivity contribution < 1.29 is 14.5 Å². The summed E-state index contributed by atoms with van der Waals surface area (Å²) >= 11 is 0. The first kappa shape index (κ1) is 13.9. The van der Waals surface area contributed by atoms with Crippen molar-refractivity contribution in [1.29, 1.82) is 0 Å². The highest BCUT2D eigenvalue weighted by atomic mass is 16.6. The number of nitrogens with one attached hydrogen (secondary N) is 3. The van der Waals surface area contributed by atoms with E-state index >= 15 is 0 Å². The number of piperazine rings is 1. The van der Waals surface area contributed by atoms with Gasteiger partial charge in [-0.3, -0.25) is 25.0 Å². The number of non-ortho nitro benzene ring substituents is 1. The summed E-state index contributed by atoms with van der Waals surface area (Å²) in [6, 6.07) is 5.51. The van der Waals surface area contributed by atoms with Crippen LogP contribution in [-0.4, -0.2) is 35.9 Å². The fourth-order valence-corrected chi connectivity index (χ4v) is 1.80. The highest BCUT2D eigenvalue weighted by Gasteiger charge is 2.23. The van der Waals surface area contributed by atoms with E-state index < -0.39 is 11.0 Å². The van der Waals surface area contributed by atoms with Crippen LogP contribution in [0.4, 0.5) is 5.69 Å². The number of benzene rings is 1. The van der Waals surface area contributed by atoms with Crippen molar-refractivity contribution in [2.75, 3.05) is 13.1 Å². The predicted molar refractivity (Wildman–Crippen MR) is 69.7 cm³/mol. The number of carbonyl (C=O) groups is 2. The zero-order valence-corrected chi connectivity index (χ0v) is 10.6. The van der Waals surface area contributed by atoms with Crippen LogP contribution in [0.1, 0.15) is 5.56 Å². The molecule has 8 heteroatoms. The number of rotatable bonds is 4. The summed E-state index contributed by atoms with van der Waals surface area (Å²) in [5, 5.41) is 18.6. The van der Waals surface area contributed by atoms with Gasteiger partial charge in [-0.05, 0) is 5.56 Å². The molecule has 3 N–H and O–H groups in total. The summed E-state index contributed by atoms with van der Waals surface area (Å²) in [6.07, 6.45) is 0. The normalized spacial score (nSPS) is 18.2. The molecule has 1 aliphatic heterocycles. The molecule has 0 radical (unpaired) electrons.